The van der Waals surface area contributed by atoms with E-state index in [2.05, 4.69) is 0 Å². The Morgan fingerprint density at radius 1 is 1.44 bits per heavy atom. The van der Waals surface area contributed by atoms with Crippen LogP contribution in [0.3, 0.4) is 0 Å². The molecule has 0 bridgehead atoms. The van der Waals surface area contributed by atoms with Gasteiger partial charge in [0, 0.05) is 12.3 Å². The van der Waals surface area contributed by atoms with Crippen molar-refractivity contribution in [2.75, 3.05) is 0 Å². The Kier molecular flexibility index (Phi) is 3.36. The highest BCUT2D eigenvalue weighted by Crippen LogP contribution is 2.26. The van der Waals surface area contributed by atoms with Crippen LogP contribution in [-0.2, 0) is 4.79 Å². The standard InChI is InChI=1S/C9H9F3N2O2/c10-9(11,12)5-6(8(13)16)14-4-2-1-3-7(14)15/h1-4,6H,5H2,(H2,13,16). The highest BCUT2D eigenvalue weighted by molar-refractivity contribution is 5.78. The second-order valence-corrected chi connectivity index (χ2v) is 3.18. The maximum absolute atomic E-state index is 12.2. The van der Waals surface area contributed by atoms with E-state index in [1.165, 1.54) is 12.1 Å². The minimum atomic E-state index is -4.56. The van der Waals surface area contributed by atoms with Crippen LogP contribution in [-0.4, -0.2) is 16.7 Å². The van der Waals surface area contributed by atoms with Gasteiger partial charge in [-0.1, -0.05) is 6.07 Å². The molecule has 1 aromatic rings. The molecule has 0 aliphatic carbocycles. The molecule has 4 nitrogen and oxygen atoms in total. The van der Waals surface area contributed by atoms with Crippen LogP contribution in [0.25, 0.3) is 0 Å². The van der Waals surface area contributed by atoms with Gasteiger partial charge in [0.15, 0.2) is 0 Å². The molecule has 2 N–H and O–H groups in total. The van der Waals surface area contributed by atoms with E-state index in [0.717, 1.165) is 12.3 Å². The Balaban J connectivity index is 3.09. The maximum Gasteiger partial charge on any atom is 0.391 e. The van der Waals surface area contributed by atoms with Gasteiger partial charge in [-0.2, -0.15) is 13.2 Å². The summed E-state index contributed by atoms with van der Waals surface area (Å²) in [5.74, 6) is -1.19. The van der Waals surface area contributed by atoms with Gasteiger partial charge in [-0.25, -0.2) is 0 Å². The molecule has 0 saturated carbocycles. The fourth-order valence-electron chi connectivity index (χ4n) is 1.25. The van der Waals surface area contributed by atoms with Gasteiger partial charge in [-0.15, -0.1) is 0 Å². The van der Waals surface area contributed by atoms with Gasteiger partial charge in [-0.3, -0.25) is 9.59 Å². The number of amides is 1. The van der Waals surface area contributed by atoms with Crippen LogP contribution in [0.1, 0.15) is 12.5 Å². The van der Waals surface area contributed by atoms with Crippen molar-refractivity contribution in [1.82, 2.24) is 4.57 Å². The molecule has 88 valence electrons. The van der Waals surface area contributed by atoms with Crippen LogP contribution in [0.4, 0.5) is 13.2 Å². The third-order valence-electron chi connectivity index (χ3n) is 1.94. The van der Waals surface area contributed by atoms with Gasteiger partial charge < -0.3 is 10.3 Å². The molecule has 0 aliphatic rings. The van der Waals surface area contributed by atoms with Crippen LogP contribution in [0.2, 0.25) is 0 Å². The molecule has 16 heavy (non-hydrogen) atoms. The van der Waals surface area contributed by atoms with E-state index in [1.54, 1.807) is 0 Å². The smallest absolute Gasteiger partial charge is 0.368 e. The lowest BCUT2D eigenvalue weighted by atomic mass is 10.2. The minimum absolute atomic E-state index is 0.676. The monoisotopic (exact) mass is 234 g/mol. The average Bonchev–Trinajstić information content (AvgIpc) is 2.13. The van der Waals surface area contributed by atoms with Gasteiger partial charge in [0.2, 0.25) is 5.91 Å². The van der Waals surface area contributed by atoms with Crippen molar-refractivity contribution in [1.29, 1.82) is 0 Å². The first-order valence-electron chi connectivity index (χ1n) is 4.34. The van der Waals surface area contributed by atoms with Crippen molar-refractivity contribution in [2.24, 2.45) is 5.73 Å². The Hall–Kier alpha value is -1.79. The Morgan fingerprint density at radius 2 is 2.06 bits per heavy atom. The first kappa shape index (κ1) is 12.3. The van der Waals surface area contributed by atoms with E-state index in [-0.39, 0.29) is 0 Å². The summed E-state index contributed by atoms with van der Waals surface area (Å²) < 4.78 is 37.2. The Bertz CT molecular complexity index is 439. The summed E-state index contributed by atoms with van der Waals surface area (Å²) in [5, 5.41) is 0. The Morgan fingerprint density at radius 3 is 2.50 bits per heavy atom. The highest BCUT2D eigenvalue weighted by Gasteiger charge is 2.35. The number of aromatic nitrogens is 1. The van der Waals surface area contributed by atoms with Crippen LogP contribution in [0.15, 0.2) is 29.2 Å². The number of carbonyl (C=O) groups is 1. The molecule has 7 heteroatoms. The summed E-state index contributed by atoms with van der Waals surface area (Å²) >= 11 is 0. The van der Waals surface area contributed by atoms with E-state index in [1.807, 2.05) is 0 Å². The molecule has 1 atom stereocenters. The van der Waals surface area contributed by atoms with Crippen LogP contribution < -0.4 is 11.3 Å². The Labute approximate surface area is 88.5 Å². The van der Waals surface area contributed by atoms with E-state index >= 15 is 0 Å². The highest BCUT2D eigenvalue weighted by atomic mass is 19.4. The van der Waals surface area contributed by atoms with E-state index in [9.17, 15) is 22.8 Å². The van der Waals surface area contributed by atoms with Crippen molar-refractivity contribution in [3.05, 3.63) is 34.7 Å². The largest absolute Gasteiger partial charge is 0.391 e. The minimum Gasteiger partial charge on any atom is -0.368 e. The summed E-state index contributed by atoms with van der Waals surface area (Å²) in [6.07, 6.45) is -4.91. The summed E-state index contributed by atoms with van der Waals surface area (Å²) in [6, 6.07) is 2.08. The first-order chi connectivity index (χ1) is 7.31. The van der Waals surface area contributed by atoms with Crippen molar-refractivity contribution >= 4 is 5.91 Å². The first-order valence-corrected chi connectivity index (χ1v) is 4.34. The van der Waals surface area contributed by atoms with Crippen molar-refractivity contribution < 1.29 is 18.0 Å². The van der Waals surface area contributed by atoms with E-state index in [4.69, 9.17) is 5.73 Å². The van der Waals surface area contributed by atoms with Gasteiger partial charge >= 0.3 is 6.18 Å². The summed E-state index contributed by atoms with van der Waals surface area (Å²) in [5.41, 5.74) is 4.15. The SMILES string of the molecule is NC(=O)C(CC(F)(F)F)n1ccccc1=O. The van der Waals surface area contributed by atoms with E-state index < -0.39 is 30.1 Å². The molecule has 0 aromatic carbocycles. The predicted octanol–water partition coefficient (Wildman–Crippen LogP) is 0.827. The number of primary amides is 1. The van der Waals surface area contributed by atoms with Gasteiger partial charge in [-0.05, 0) is 6.07 Å². The van der Waals surface area contributed by atoms with Crippen molar-refractivity contribution in [3.63, 3.8) is 0 Å². The predicted molar refractivity (Wildman–Crippen MR) is 49.6 cm³/mol. The fourth-order valence-corrected chi connectivity index (χ4v) is 1.25. The average molecular weight is 234 g/mol. The number of nitrogens with two attached hydrogens (primary N) is 1. The van der Waals surface area contributed by atoms with Crippen molar-refractivity contribution in [3.8, 4) is 0 Å². The molecule has 0 spiro atoms. The fraction of sp³-hybridized carbons (Fsp3) is 0.333. The molecule has 0 fully saturated rings. The van der Waals surface area contributed by atoms with E-state index in [0.29, 0.717) is 4.57 Å². The number of rotatable bonds is 3. The van der Waals surface area contributed by atoms with Gasteiger partial charge in [0.05, 0.1) is 6.42 Å². The van der Waals surface area contributed by atoms with Gasteiger partial charge in [0.1, 0.15) is 6.04 Å². The molecule has 1 aromatic heterocycles. The number of hydrogen-bond donors (Lipinski definition) is 1. The molecule has 0 radical (unpaired) electrons. The number of pyridine rings is 1. The molecule has 1 unspecified atom stereocenters. The zero-order chi connectivity index (χ0) is 12.3. The maximum atomic E-state index is 12.2. The van der Waals surface area contributed by atoms with Crippen LogP contribution >= 0.6 is 0 Å². The molecule has 0 saturated heterocycles. The second-order valence-electron chi connectivity index (χ2n) is 3.18. The zero-order valence-electron chi connectivity index (χ0n) is 8.07. The number of nitrogens with zero attached hydrogens (tertiary/aromatic N) is 1. The van der Waals surface area contributed by atoms with Crippen LogP contribution in [0.5, 0.6) is 0 Å². The second kappa shape index (κ2) is 4.38. The third kappa shape index (κ3) is 3.11. The van der Waals surface area contributed by atoms with Crippen LogP contribution in [0, 0.1) is 0 Å². The summed E-state index contributed by atoms with van der Waals surface area (Å²) in [7, 11) is 0. The number of halogens is 3. The quantitative estimate of drug-likeness (QED) is 0.841. The zero-order valence-corrected chi connectivity index (χ0v) is 8.07. The normalized spacial score (nSPS) is 13.4. The number of alkyl halides is 3. The molecule has 0 aliphatic heterocycles. The molecule has 1 heterocycles. The lowest BCUT2D eigenvalue weighted by Gasteiger charge is -2.17. The number of carbonyl (C=O) groups excluding carboxylic acids is 1. The number of hydrogen-bond acceptors (Lipinski definition) is 2. The van der Waals surface area contributed by atoms with Crippen molar-refractivity contribution in [2.45, 2.75) is 18.6 Å². The summed E-state index contributed by atoms with van der Waals surface area (Å²) in [6.45, 7) is 0. The lowest BCUT2D eigenvalue weighted by Crippen LogP contribution is -2.36. The molecular formula is C9H9F3N2O2. The lowest BCUT2D eigenvalue weighted by molar-refractivity contribution is -0.151. The topological polar surface area (TPSA) is 65.1 Å². The molecular weight excluding hydrogens is 225 g/mol. The summed E-state index contributed by atoms with van der Waals surface area (Å²) in [4.78, 5) is 22.1. The van der Waals surface area contributed by atoms with Gasteiger partial charge in [0.25, 0.3) is 5.56 Å². The molecule has 1 amide bonds. The third-order valence-corrected chi connectivity index (χ3v) is 1.94. The molecule has 1 rings (SSSR count).